The zero-order valence-electron chi connectivity index (χ0n) is 17.7. The van der Waals surface area contributed by atoms with Gasteiger partial charge in [0.15, 0.2) is 0 Å². The third-order valence-corrected chi connectivity index (χ3v) is 6.56. The first-order valence-corrected chi connectivity index (χ1v) is 11.5. The molecule has 0 unspecified atom stereocenters. The highest BCUT2D eigenvalue weighted by Crippen LogP contribution is 2.23. The number of nitrogens with zero attached hydrogens (tertiary/aromatic N) is 1. The van der Waals surface area contributed by atoms with Crippen molar-refractivity contribution in [1.82, 2.24) is 5.32 Å². The fourth-order valence-corrected chi connectivity index (χ4v) is 4.29. The number of hydrogen-bond donors (Lipinski definition) is 2. The first kappa shape index (κ1) is 23.0. The molecule has 0 bridgehead atoms. The number of carbonyl (C=O) groups excluding carboxylic acids is 2. The summed E-state index contributed by atoms with van der Waals surface area (Å²) in [6.45, 7) is 0.187. The molecule has 0 aliphatic rings. The molecule has 0 atom stereocenters. The van der Waals surface area contributed by atoms with Crippen molar-refractivity contribution in [3.63, 3.8) is 0 Å². The van der Waals surface area contributed by atoms with E-state index in [4.69, 9.17) is 0 Å². The molecule has 0 radical (unpaired) electrons. The van der Waals surface area contributed by atoms with Crippen LogP contribution in [0.5, 0.6) is 0 Å². The molecule has 2 N–H and O–H groups in total. The van der Waals surface area contributed by atoms with Gasteiger partial charge >= 0.3 is 0 Å². The van der Waals surface area contributed by atoms with Crippen LogP contribution in [0.4, 0.5) is 11.4 Å². The summed E-state index contributed by atoms with van der Waals surface area (Å²) in [4.78, 5) is 24.3. The Morgan fingerprint density at radius 2 is 1.50 bits per heavy atom. The molecule has 7 nitrogen and oxygen atoms in total. The molecule has 0 aromatic heterocycles. The standard InChI is InChI=1S/C24H25N3O4S/c1-27(21-12-6-3-7-13-21)32(30,31)22-14-8-11-20(18-22)26-23(28)15-16-25-24(29)17-19-9-4-2-5-10-19/h2-14,18H,15-17H2,1H3,(H,25,29)(H,26,28). The number of carbonyl (C=O) groups is 2. The van der Waals surface area contributed by atoms with E-state index in [0.29, 0.717) is 11.4 Å². The van der Waals surface area contributed by atoms with E-state index in [1.807, 2.05) is 36.4 Å². The van der Waals surface area contributed by atoms with Gasteiger partial charge in [0, 0.05) is 25.7 Å². The summed E-state index contributed by atoms with van der Waals surface area (Å²) in [6, 6.07) is 24.2. The van der Waals surface area contributed by atoms with E-state index in [1.165, 1.54) is 23.5 Å². The number of benzene rings is 3. The normalized spacial score (nSPS) is 10.9. The monoisotopic (exact) mass is 451 g/mol. The number of hydrogen-bond acceptors (Lipinski definition) is 4. The molecule has 0 aliphatic carbocycles. The van der Waals surface area contributed by atoms with Crippen molar-refractivity contribution in [3.8, 4) is 0 Å². The number of anilines is 2. The topological polar surface area (TPSA) is 95.6 Å². The Labute approximate surface area is 188 Å². The van der Waals surface area contributed by atoms with Gasteiger partial charge in [0.1, 0.15) is 0 Å². The zero-order chi connectivity index (χ0) is 23.0. The molecule has 0 saturated carbocycles. The summed E-state index contributed by atoms with van der Waals surface area (Å²) in [5, 5.41) is 5.40. The quantitative estimate of drug-likeness (QED) is 0.522. The second-order valence-electron chi connectivity index (χ2n) is 7.15. The van der Waals surface area contributed by atoms with Crippen molar-refractivity contribution >= 4 is 33.2 Å². The van der Waals surface area contributed by atoms with Gasteiger partial charge in [-0.2, -0.15) is 0 Å². The van der Waals surface area contributed by atoms with Crippen molar-refractivity contribution in [2.45, 2.75) is 17.7 Å². The van der Waals surface area contributed by atoms with E-state index in [0.717, 1.165) is 5.56 Å². The number of para-hydroxylation sites is 1. The summed E-state index contributed by atoms with van der Waals surface area (Å²) in [5.74, 6) is -0.489. The Bertz CT molecular complexity index is 1170. The van der Waals surface area contributed by atoms with Gasteiger partial charge in [0.05, 0.1) is 17.0 Å². The second kappa shape index (κ2) is 10.6. The maximum absolute atomic E-state index is 12.9. The molecule has 2 amide bonds. The van der Waals surface area contributed by atoms with Crippen LogP contribution in [0.25, 0.3) is 0 Å². The summed E-state index contributed by atoms with van der Waals surface area (Å²) in [6.07, 6.45) is 0.318. The van der Waals surface area contributed by atoms with E-state index in [9.17, 15) is 18.0 Å². The van der Waals surface area contributed by atoms with Gasteiger partial charge in [0.2, 0.25) is 11.8 Å². The van der Waals surface area contributed by atoms with Crippen LogP contribution in [0.1, 0.15) is 12.0 Å². The van der Waals surface area contributed by atoms with Crippen molar-refractivity contribution in [1.29, 1.82) is 0 Å². The average Bonchev–Trinajstić information content (AvgIpc) is 2.80. The van der Waals surface area contributed by atoms with E-state index in [-0.39, 0.29) is 36.1 Å². The van der Waals surface area contributed by atoms with Crippen molar-refractivity contribution < 1.29 is 18.0 Å². The molecule has 8 heteroatoms. The van der Waals surface area contributed by atoms with Gasteiger partial charge < -0.3 is 10.6 Å². The molecule has 0 heterocycles. The Morgan fingerprint density at radius 3 is 2.19 bits per heavy atom. The number of sulfonamides is 1. The molecule has 3 aromatic rings. The molecule has 0 fully saturated rings. The second-order valence-corrected chi connectivity index (χ2v) is 9.12. The SMILES string of the molecule is CN(c1ccccc1)S(=O)(=O)c1cccc(NC(=O)CCNC(=O)Cc2ccccc2)c1. The van der Waals surface area contributed by atoms with Crippen LogP contribution in [0.15, 0.2) is 89.8 Å². The highest BCUT2D eigenvalue weighted by Gasteiger charge is 2.21. The Hall–Kier alpha value is -3.65. The van der Waals surface area contributed by atoms with Crippen LogP contribution < -0.4 is 14.9 Å². The number of nitrogens with one attached hydrogen (secondary N) is 2. The maximum Gasteiger partial charge on any atom is 0.264 e. The van der Waals surface area contributed by atoms with Crippen molar-refractivity contribution in [3.05, 3.63) is 90.5 Å². The van der Waals surface area contributed by atoms with Crippen LogP contribution in [0, 0.1) is 0 Å². The van der Waals surface area contributed by atoms with Gasteiger partial charge in [-0.25, -0.2) is 8.42 Å². The Kier molecular flexibility index (Phi) is 7.62. The molecular formula is C24H25N3O4S. The van der Waals surface area contributed by atoms with Crippen LogP contribution in [-0.2, 0) is 26.0 Å². The van der Waals surface area contributed by atoms with Crippen LogP contribution in [-0.4, -0.2) is 33.8 Å². The third-order valence-electron chi connectivity index (χ3n) is 4.78. The van der Waals surface area contributed by atoms with Gasteiger partial charge in [-0.15, -0.1) is 0 Å². The maximum atomic E-state index is 12.9. The zero-order valence-corrected chi connectivity index (χ0v) is 18.5. The highest BCUT2D eigenvalue weighted by molar-refractivity contribution is 7.92. The fourth-order valence-electron chi connectivity index (χ4n) is 3.05. The van der Waals surface area contributed by atoms with Crippen LogP contribution in [0.2, 0.25) is 0 Å². The minimum Gasteiger partial charge on any atom is -0.355 e. The van der Waals surface area contributed by atoms with Crippen molar-refractivity contribution in [2.75, 3.05) is 23.2 Å². The molecule has 0 saturated heterocycles. The largest absolute Gasteiger partial charge is 0.355 e. The molecule has 0 aliphatic heterocycles. The van der Waals surface area contributed by atoms with E-state index < -0.39 is 10.0 Å². The number of rotatable bonds is 9. The summed E-state index contributed by atoms with van der Waals surface area (Å²) < 4.78 is 27.1. The minimum absolute atomic E-state index is 0.0674. The van der Waals surface area contributed by atoms with Crippen molar-refractivity contribution in [2.24, 2.45) is 0 Å². The van der Waals surface area contributed by atoms with Gasteiger partial charge in [-0.3, -0.25) is 13.9 Å². The van der Waals surface area contributed by atoms with Crippen LogP contribution >= 0.6 is 0 Å². The number of amides is 2. The Balaban J connectivity index is 1.55. The van der Waals surface area contributed by atoms with E-state index >= 15 is 0 Å². The smallest absolute Gasteiger partial charge is 0.264 e. The Morgan fingerprint density at radius 1 is 0.844 bits per heavy atom. The summed E-state index contributed by atoms with van der Waals surface area (Å²) >= 11 is 0. The summed E-state index contributed by atoms with van der Waals surface area (Å²) in [5.41, 5.74) is 1.80. The van der Waals surface area contributed by atoms with Gasteiger partial charge in [-0.05, 0) is 35.9 Å². The first-order chi connectivity index (χ1) is 15.4. The average molecular weight is 452 g/mol. The molecule has 166 valence electrons. The first-order valence-electron chi connectivity index (χ1n) is 10.1. The molecule has 3 aromatic carbocycles. The highest BCUT2D eigenvalue weighted by atomic mass is 32.2. The lowest BCUT2D eigenvalue weighted by molar-refractivity contribution is -0.120. The molecule has 3 rings (SSSR count). The fraction of sp³-hybridized carbons (Fsp3) is 0.167. The van der Waals surface area contributed by atoms with E-state index in [2.05, 4.69) is 10.6 Å². The minimum atomic E-state index is -3.78. The predicted octanol–water partition coefficient (Wildman–Crippen LogP) is 3.20. The van der Waals surface area contributed by atoms with Crippen LogP contribution in [0.3, 0.4) is 0 Å². The van der Waals surface area contributed by atoms with E-state index in [1.54, 1.807) is 36.4 Å². The lowest BCUT2D eigenvalue weighted by atomic mass is 10.1. The summed E-state index contributed by atoms with van der Waals surface area (Å²) in [7, 11) is -2.30. The molecular weight excluding hydrogens is 426 g/mol. The van der Waals surface area contributed by atoms with Gasteiger partial charge in [-0.1, -0.05) is 54.6 Å². The lowest BCUT2D eigenvalue weighted by Crippen LogP contribution is -2.29. The van der Waals surface area contributed by atoms with Gasteiger partial charge in [0.25, 0.3) is 10.0 Å². The lowest BCUT2D eigenvalue weighted by Gasteiger charge is -2.19. The third kappa shape index (κ3) is 6.18. The molecule has 32 heavy (non-hydrogen) atoms. The molecule has 0 spiro atoms. The predicted molar refractivity (Wildman–Crippen MR) is 125 cm³/mol.